The molecule has 0 spiro atoms. The number of fused-ring (bicyclic) bond motifs is 1. The molecular weight excluding hydrogens is 312 g/mol. The van der Waals surface area contributed by atoms with E-state index in [4.69, 9.17) is 4.74 Å². The quantitative estimate of drug-likeness (QED) is 0.772. The number of benzene rings is 2. The molecule has 2 heterocycles. The average Bonchev–Trinajstić information content (AvgIpc) is 3.28. The molecule has 0 aliphatic carbocycles. The largest absolute Gasteiger partial charge is 0.484 e. The van der Waals surface area contributed by atoms with Crippen molar-refractivity contribution in [2.45, 2.75) is 25.3 Å². The molecule has 4 heteroatoms. The second-order valence-electron chi connectivity index (χ2n) is 6.55. The minimum Gasteiger partial charge on any atom is -0.484 e. The van der Waals surface area contributed by atoms with Gasteiger partial charge in [0.15, 0.2) is 6.61 Å². The first-order valence-electron chi connectivity index (χ1n) is 8.83. The molecular formula is C21H22N2O2. The summed E-state index contributed by atoms with van der Waals surface area (Å²) in [5, 5.41) is 1.25. The van der Waals surface area contributed by atoms with Gasteiger partial charge in [-0.3, -0.25) is 4.79 Å². The van der Waals surface area contributed by atoms with E-state index in [1.54, 1.807) is 0 Å². The number of para-hydroxylation sites is 2. The minimum atomic E-state index is 0.0752. The van der Waals surface area contributed by atoms with Crippen molar-refractivity contribution in [3.8, 4) is 5.75 Å². The monoisotopic (exact) mass is 334 g/mol. The van der Waals surface area contributed by atoms with Gasteiger partial charge in [0, 0.05) is 29.7 Å². The summed E-state index contributed by atoms with van der Waals surface area (Å²) in [6, 6.07) is 18.1. The van der Waals surface area contributed by atoms with Crippen LogP contribution in [0, 0.1) is 0 Å². The number of likely N-dealkylation sites (tertiary alicyclic amines) is 1. The number of nitrogens with one attached hydrogen (secondary N) is 1. The standard InChI is InChI=1S/C21H22N2O2/c24-21(15-25-18-8-2-1-3-9-18)23-12-6-7-17(23)13-16-14-22-20-11-5-4-10-19(16)20/h1-5,8-11,14,17,22H,6-7,12-13,15H2. The fraction of sp³-hybridized carbons (Fsp3) is 0.286. The van der Waals surface area contributed by atoms with E-state index in [0.717, 1.165) is 37.1 Å². The van der Waals surface area contributed by atoms with Crippen molar-refractivity contribution >= 4 is 16.8 Å². The van der Waals surface area contributed by atoms with E-state index in [0.29, 0.717) is 0 Å². The van der Waals surface area contributed by atoms with Crippen molar-refractivity contribution < 1.29 is 9.53 Å². The van der Waals surface area contributed by atoms with E-state index in [-0.39, 0.29) is 18.6 Å². The molecule has 128 valence electrons. The van der Waals surface area contributed by atoms with Crippen LogP contribution in [0.4, 0.5) is 0 Å². The maximum absolute atomic E-state index is 12.6. The van der Waals surface area contributed by atoms with Crippen molar-refractivity contribution in [3.05, 3.63) is 66.4 Å². The summed E-state index contributed by atoms with van der Waals surface area (Å²) in [7, 11) is 0. The zero-order valence-electron chi connectivity index (χ0n) is 14.2. The molecule has 2 aromatic carbocycles. The van der Waals surface area contributed by atoms with Crippen LogP contribution < -0.4 is 4.74 Å². The number of carbonyl (C=O) groups excluding carboxylic acids is 1. The fourth-order valence-corrected chi connectivity index (χ4v) is 3.68. The number of rotatable bonds is 5. The molecule has 1 aromatic heterocycles. The number of hydrogen-bond donors (Lipinski definition) is 1. The lowest BCUT2D eigenvalue weighted by atomic mass is 10.0. The molecule has 1 saturated heterocycles. The molecule has 3 aromatic rings. The molecule has 4 nitrogen and oxygen atoms in total. The molecule has 4 rings (SSSR count). The second kappa shape index (κ2) is 7.01. The summed E-state index contributed by atoms with van der Waals surface area (Å²) in [4.78, 5) is 17.9. The SMILES string of the molecule is O=C(COc1ccccc1)N1CCCC1Cc1c[nH]c2ccccc12. The van der Waals surface area contributed by atoms with Crippen LogP contribution in [0.2, 0.25) is 0 Å². The Morgan fingerprint density at radius 2 is 1.92 bits per heavy atom. The number of ether oxygens (including phenoxy) is 1. The number of nitrogens with zero attached hydrogens (tertiary/aromatic N) is 1. The summed E-state index contributed by atoms with van der Waals surface area (Å²) in [6.07, 6.45) is 5.08. The van der Waals surface area contributed by atoms with Crippen LogP contribution in [0.3, 0.4) is 0 Å². The summed E-state index contributed by atoms with van der Waals surface area (Å²) < 4.78 is 5.64. The van der Waals surface area contributed by atoms with E-state index < -0.39 is 0 Å². The first-order valence-corrected chi connectivity index (χ1v) is 8.83. The smallest absolute Gasteiger partial charge is 0.260 e. The van der Waals surface area contributed by atoms with E-state index in [9.17, 15) is 4.79 Å². The molecule has 1 unspecified atom stereocenters. The highest BCUT2D eigenvalue weighted by Crippen LogP contribution is 2.25. The molecule has 1 fully saturated rings. The van der Waals surface area contributed by atoms with Gasteiger partial charge in [-0.15, -0.1) is 0 Å². The van der Waals surface area contributed by atoms with Gasteiger partial charge in [0.1, 0.15) is 5.75 Å². The normalized spacial score (nSPS) is 17.1. The lowest BCUT2D eigenvalue weighted by Crippen LogP contribution is -2.39. The number of H-pyrrole nitrogens is 1. The Kier molecular flexibility index (Phi) is 4.42. The average molecular weight is 334 g/mol. The molecule has 0 bridgehead atoms. The number of hydrogen-bond acceptors (Lipinski definition) is 2. The highest BCUT2D eigenvalue weighted by molar-refractivity contribution is 5.83. The Balaban J connectivity index is 1.42. The van der Waals surface area contributed by atoms with Crippen LogP contribution in [0.15, 0.2) is 60.8 Å². The molecule has 0 radical (unpaired) electrons. The Bertz CT molecular complexity index is 856. The van der Waals surface area contributed by atoms with Crippen LogP contribution >= 0.6 is 0 Å². The zero-order valence-corrected chi connectivity index (χ0v) is 14.2. The van der Waals surface area contributed by atoms with E-state index >= 15 is 0 Å². The number of amides is 1. The maximum atomic E-state index is 12.6. The summed E-state index contributed by atoms with van der Waals surface area (Å²) in [6.45, 7) is 0.929. The van der Waals surface area contributed by atoms with Crippen LogP contribution in [0.1, 0.15) is 18.4 Å². The number of carbonyl (C=O) groups is 1. The molecule has 1 N–H and O–H groups in total. The lowest BCUT2D eigenvalue weighted by molar-refractivity contribution is -0.134. The van der Waals surface area contributed by atoms with Gasteiger partial charge in [-0.1, -0.05) is 36.4 Å². The van der Waals surface area contributed by atoms with Crippen molar-refractivity contribution in [2.24, 2.45) is 0 Å². The van der Waals surface area contributed by atoms with Gasteiger partial charge in [0.25, 0.3) is 5.91 Å². The molecule has 1 aliphatic rings. The van der Waals surface area contributed by atoms with E-state index in [1.165, 1.54) is 10.9 Å². The van der Waals surface area contributed by atoms with Gasteiger partial charge in [-0.05, 0) is 43.0 Å². The summed E-state index contributed by atoms with van der Waals surface area (Å²) in [5.41, 5.74) is 2.44. The van der Waals surface area contributed by atoms with Crippen molar-refractivity contribution in [3.63, 3.8) is 0 Å². The highest BCUT2D eigenvalue weighted by atomic mass is 16.5. The molecule has 0 saturated carbocycles. The van der Waals surface area contributed by atoms with Gasteiger partial charge in [-0.2, -0.15) is 0 Å². The molecule has 1 aliphatic heterocycles. The second-order valence-corrected chi connectivity index (χ2v) is 6.55. The summed E-state index contributed by atoms with van der Waals surface area (Å²) in [5.74, 6) is 0.814. The third-order valence-corrected chi connectivity index (χ3v) is 4.93. The Morgan fingerprint density at radius 3 is 2.80 bits per heavy atom. The van der Waals surface area contributed by atoms with Gasteiger partial charge in [0.05, 0.1) is 0 Å². The minimum absolute atomic E-state index is 0.0752. The fourth-order valence-electron chi connectivity index (χ4n) is 3.68. The van der Waals surface area contributed by atoms with Crippen molar-refractivity contribution in [1.29, 1.82) is 0 Å². The Labute approximate surface area is 147 Å². The maximum Gasteiger partial charge on any atom is 0.260 e. The lowest BCUT2D eigenvalue weighted by Gasteiger charge is -2.24. The van der Waals surface area contributed by atoms with Gasteiger partial charge in [0.2, 0.25) is 0 Å². The first-order chi connectivity index (χ1) is 12.3. The Hall–Kier alpha value is -2.75. The molecule has 25 heavy (non-hydrogen) atoms. The first kappa shape index (κ1) is 15.8. The highest BCUT2D eigenvalue weighted by Gasteiger charge is 2.29. The van der Waals surface area contributed by atoms with E-state index in [2.05, 4.69) is 29.4 Å². The van der Waals surface area contributed by atoms with Gasteiger partial charge < -0.3 is 14.6 Å². The summed E-state index contributed by atoms with van der Waals surface area (Å²) >= 11 is 0. The van der Waals surface area contributed by atoms with Crippen molar-refractivity contribution in [1.82, 2.24) is 9.88 Å². The predicted molar refractivity (Wildman–Crippen MR) is 98.7 cm³/mol. The van der Waals surface area contributed by atoms with Gasteiger partial charge >= 0.3 is 0 Å². The molecule has 1 amide bonds. The van der Waals surface area contributed by atoms with E-state index in [1.807, 2.05) is 41.3 Å². The van der Waals surface area contributed by atoms with Crippen LogP contribution in [-0.2, 0) is 11.2 Å². The van der Waals surface area contributed by atoms with Crippen LogP contribution in [-0.4, -0.2) is 35.0 Å². The van der Waals surface area contributed by atoms with Crippen LogP contribution in [0.25, 0.3) is 10.9 Å². The third kappa shape index (κ3) is 3.38. The van der Waals surface area contributed by atoms with Crippen molar-refractivity contribution in [2.75, 3.05) is 13.2 Å². The zero-order chi connectivity index (χ0) is 17.1. The molecule has 1 atom stereocenters. The van der Waals surface area contributed by atoms with Crippen LogP contribution in [0.5, 0.6) is 5.75 Å². The number of aromatic nitrogens is 1. The van der Waals surface area contributed by atoms with Gasteiger partial charge in [-0.25, -0.2) is 0 Å². The Morgan fingerprint density at radius 1 is 1.12 bits per heavy atom. The number of aromatic amines is 1. The third-order valence-electron chi connectivity index (χ3n) is 4.93. The topological polar surface area (TPSA) is 45.3 Å². The predicted octanol–water partition coefficient (Wildman–Crippen LogP) is 3.78.